The number of benzene rings is 3. The van der Waals surface area contributed by atoms with Gasteiger partial charge in [0, 0.05) is 25.3 Å². The quantitative estimate of drug-likeness (QED) is 0.699. The van der Waals surface area contributed by atoms with E-state index in [0.717, 1.165) is 18.0 Å². The van der Waals surface area contributed by atoms with Gasteiger partial charge < -0.3 is 15.0 Å². The maximum atomic E-state index is 5.51. The summed E-state index contributed by atoms with van der Waals surface area (Å²) in [5, 5.41) is 6.42. The first kappa shape index (κ1) is 16.3. The Morgan fingerprint density at radius 3 is 2.58 bits per heavy atom. The first-order valence-corrected chi connectivity index (χ1v) is 8.20. The molecule has 4 heteroatoms. The topological polar surface area (TPSA) is 24.5 Å². The van der Waals surface area contributed by atoms with Crippen molar-refractivity contribution in [3.63, 3.8) is 0 Å². The molecule has 0 bridgehead atoms. The van der Waals surface area contributed by atoms with Crippen LogP contribution in [-0.4, -0.2) is 24.2 Å². The van der Waals surface area contributed by atoms with Gasteiger partial charge in [0.15, 0.2) is 5.11 Å². The summed E-state index contributed by atoms with van der Waals surface area (Å²) in [6.07, 6.45) is 0. The van der Waals surface area contributed by atoms with E-state index in [2.05, 4.69) is 47.8 Å². The number of ether oxygens (including phenoxy) is 1. The number of methoxy groups -OCH3 is 1. The highest BCUT2D eigenvalue weighted by Crippen LogP contribution is 2.19. The Balaban J connectivity index is 1.68. The number of thiocarbonyl (C=S) groups is 1. The molecule has 3 aromatic carbocycles. The molecular weight excluding hydrogens is 316 g/mol. The van der Waals surface area contributed by atoms with Gasteiger partial charge in [0.05, 0.1) is 7.11 Å². The van der Waals surface area contributed by atoms with Crippen LogP contribution < -0.4 is 10.1 Å². The Bertz CT molecular complexity index is 863. The van der Waals surface area contributed by atoms with Crippen LogP contribution in [-0.2, 0) is 6.54 Å². The lowest BCUT2D eigenvalue weighted by molar-refractivity contribution is 0.415. The third kappa shape index (κ3) is 3.84. The highest BCUT2D eigenvalue weighted by molar-refractivity contribution is 7.80. The molecule has 0 aliphatic rings. The van der Waals surface area contributed by atoms with Gasteiger partial charge in [0.25, 0.3) is 0 Å². The molecule has 122 valence electrons. The first-order valence-electron chi connectivity index (χ1n) is 7.79. The van der Waals surface area contributed by atoms with Crippen molar-refractivity contribution in [3.8, 4) is 5.75 Å². The average molecular weight is 336 g/mol. The highest BCUT2D eigenvalue weighted by atomic mass is 32.1. The van der Waals surface area contributed by atoms with Crippen LogP contribution in [0.2, 0.25) is 0 Å². The normalized spacial score (nSPS) is 10.4. The second-order valence-corrected chi connectivity index (χ2v) is 6.09. The van der Waals surface area contributed by atoms with Gasteiger partial charge >= 0.3 is 0 Å². The van der Waals surface area contributed by atoms with E-state index in [1.54, 1.807) is 7.11 Å². The molecule has 1 N–H and O–H groups in total. The van der Waals surface area contributed by atoms with Gasteiger partial charge in [-0.15, -0.1) is 0 Å². The second-order valence-electron chi connectivity index (χ2n) is 5.70. The minimum absolute atomic E-state index is 0.677. The molecule has 24 heavy (non-hydrogen) atoms. The maximum Gasteiger partial charge on any atom is 0.173 e. The van der Waals surface area contributed by atoms with Crippen LogP contribution in [0.5, 0.6) is 5.75 Å². The van der Waals surface area contributed by atoms with Gasteiger partial charge in [-0.25, -0.2) is 0 Å². The van der Waals surface area contributed by atoms with Gasteiger partial charge in [-0.1, -0.05) is 42.5 Å². The monoisotopic (exact) mass is 336 g/mol. The van der Waals surface area contributed by atoms with E-state index in [-0.39, 0.29) is 0 Å². The largest absolute Gasteiger partial charge is 0.497 e. The lowest BCUT2D eigenvalue weighted by Crippen LogP contribution is -2.30. The van der Waals surface area contributed by atoms with Gasteiger partial charge in [0.2, 0.25) is 0 Å². The van der Waals surface area contributed by atoms with Crippen molar-refractivity contribution in [2.45, 2.75) is 6.54 Å². The summed E-state index contributed by atoms with van der Waals surface area (Å²) >= 11 is 5.51. The molecule has 3 rings (SSSR count). The predicted molar refractivity (Wildman–Crippen MR) is 105 cm³/mol. The summed E-state index contributed by atoms with van der Waals surface area (Å²) < 4.78 is 5.24. The maximum absolute atomic E-state index is 5.51. The zero-order valence-corrected chi connectivity index (χ0v) is 14.6. The summed E-state index contributed by atoms with van der Waals surface area (Å²) in [6, 6.07) is 22.6. The molecule has 0 atom stereocenters. The molecule has 0 aliphatic carbocycles. The van der Waals surface area contributed by atoms with Crippen molar-refractivity contribution in [3.05, 3.63) is 72.3 Å². The van der Waals surface area contributed by atoms with Crippen molar-refractivity contribution in [2.75, 3.05) is 19.5 Å². The van der Waals surface area contributed by atoms with E-state index in [1.807, 2.05) is 36.2 Å². The van der Waals surface area contributed by atoms with Crippen LogP contribution >= 0.6 is 12.2 Å². The van der Waals surface area contributed by atoms with Crippen LogP contribution in [0, 0.1) is 0 Å². The van der Waals surface area contributed by atoms with Gasteiger partial charge in [0.1, 0.15) is 5.75 Å². The zero-order valence-electron chi connectivity index (χ0n) is 13.8. The Morgan fingerprint density at radius 2 is 1.79 bits per heavy atom. The predicted octanol–water partition coefficient (Wildman–Crippen LogP) is 4.68. The molecule has 0 aliphatic heterocycles. The summed E-state index contributed by atoms with van der Waals surface area (Å²) in [4.78, 5) is 2.03. The van der Waals surface area contributed by atoms with Crippen molar-refractivity contribution < 1.29 is 4.74 Å². The van der Waals surface area contributed by atoms with Crippen molar-refractivity contribution >= 4 is 33.8 Å². The minimum atomic E-state index is 0.677. The molecule has 0 amide bonds. The number of fused-ring (bicyclic) bond motifs is 1. The molecule has 0 unspecified atom stereocenters. The molecule has 3 nitrogen and oxygen atoms in total. The van der Waals surface area contributed by atoms with E-state index in [0.29, 0.717) is 5.11 Å². The highest BCUT2D eigenvalue weighted by Gasteiger charge is 2.07. The van der Waals surface area contributed by atoms with E-state index in [4.69, 9.17) is 17.0 Å². The third-order valence-electron chi connectivity index (χ3n) is 3.90. The molecule has 0 fully saturated rings. The zero-order chi connectivity index (χ0) is 16.9. The molecule has 0 saturated heterocycles. The molecule has 3 aromatic rings. The van der Waals surface area contributed by atoms with Gasteiger partial charge in [-0.3, -0.25) is 0 Å². The smallest absolute Gasteiger partial charge is 0.173 e. The average Bonchev–Trinajstić information content (AvgIpc) is 2.61. The van der Waals surface area contributed by atoms with E-state index >= 15 is 0 Å². The fourth-order valence-corrected chi connectivity index (χ4v) is 2.78. The van der Waals surface area contributed by atoms with Crippen LogP contribution in [0.15, 0.2) is 66.7 Å². The Kier molecular flexibility index (Phi) is 4.96. The van der Waals surface area contributed by atoms with Crippen LogP contribution in [0.25, 0.3) is 10.8 Å². The lowest BCUT2D eigenvalue weighted by atomic mass is 10.1. The van der Waals surface area contributed by atoms with E-state index < -0.39 is 0 Å². The number of hydrogen-bond acceptors (Lipinski definition) is 2. The molecular formula is C20H20N2OS. The molecule has 0 spiro atoms. The number of hydrogen-bond donors (Lipinski definition) is 1. The third-order valence-corrected chi connectivity index (χ3v) is 4.32. The lowest BCUT2D eigenvalue weighted by Gasteiger charge is -2.21. The molecule has 0 saturated carbocycles. The molecule has 0 radical (unpaired) electrons. The SMILES string of the molecule is COc1cccc(NC(=S)N(C)Cc2ccc3ccccc3c2)c1. The van der Waals surface area contributed by atoms with Crippen LogP contribution in [0.4, 0.5) is 5.69 Å². The second kappa shape index (κ2) is 7.32. The first-order chi connectivity index (χ1) is 11.7. The van der Waals surface area contributed by atoms with Crippen molar-refractivity contribution in [1.29, 1.82) is 0 Å². The van der Waals surface area contributed by atoms with Crippen molar-refractivity contribution in [2.24, 2.45) is 0 Å². The molecule has 0 aromatic heterocycles. The van der Waals surface area contributed by atoms with Gasteiger partial charge in [-0.2, -0.15) is 0 Å². The van der Waals surface area contributed by atoms with Crippen molar-refractivity contribution in [1.82, 2.24) is 4.90 Å². The van der Waals surface area contributed by atoms with E-state index in [1.165, 1.54) is 16.3 Å². The summed E-state index contributed by atoms with van der Waals surface area (Å²) in [6.45, 7) is 0.751. The van der Waals surface area contributed by atoms with Crippen LogP contribution in [0.3, 0.4) is 0 Å². The Morgan fingerprint density at radius 1 is 1.00 bits per heavy atom. The summed E-state index contributed by atoms with van der Waals surface area (Å²) in [5.41, 5.74) is 2.15. The van der Waals surface area contributed by atoms with E-state index in [9.17, 15) is 0 Å². The number of nitrogens with zero attached hydrogens (tertiary/aromatic N) is 1. The fourth-order valence-electron chi connectivity index (χ4n) is 2.60. The standard InChI is InChI=1S/C20H20N2OS/c1-22(20(24)21-18-8-5-9-19(13-18)23-2)14-15-10-11-16-6-3-4-7-17(16)12-15/h3-13H,14H2,1-2H3,(H,21,24). The fraction of sp³-hybridized carbons (Fsp3) is 0.150. The minimum Gasteiger partial charge on any atom is -0.497 e. The molecule has 0 heterocycles. The van der Waals surface area contributed by atoms with Crippen LogP contribution in [0.1, 0.15) is 5.56 Å². The Labute approximate surface area is 147 Å². The summed E-state index contributed by atoms with van der Waals surface area (Å²) in [5.74, 6) is 0.806. The van der Waals surface area contributed by atoms with Gasteiger partial charge in [-0.05, 0) is 46.8 Å². The Hall–Kier alpha value is -2.59. The number of nitrogens with one attached hydrogen (secondary N) is 1. The summed E-state index contributed by atoms with van der Waals surface area (Å²) in [7, 11) is 3.65. The number of rotatable bonds is 4. The number of anilines is 1.